The molecule has 0 saturated heterocycles. The summed E-state index contributed by atoms with van der Waals surface area (Å²) in [4.78, 5) is 4.57. The second-order valence-corrected chi connectivity index (χ2v) is 5.74. The number of benzene rings is 1. The van der Waals surface area contributed by atoms with E-state index in [1.54, 1.807) is 0 Å². The van der Waals surface area contributed by atoms with E-state index in [2.05, 4.69) is 15.2 Å². The predicted molar refractivity (Wildman–Crippen MR) is 91.0 cm³/mol. The molecule has 0 N–H and O–H groups in total. The average molecular weight is 308 g/mol. The highest BCUT2D eigenvalue weighted by Crippen LogP contribution is 2.31. The van der Waals surface area contributed by atoms with Crippen molar-refractivity contribution in [3.8, 4) is 5.75 Å². The smallest absolute Gasteiger partial charge is 0.182 e. The van der Waals surface area contributed by atoms with Crippen molar-refractivity contribution in [3.05, 3.63) is 53.9 Å². The van der Waals surface area contributed by atoms with Crippen molar-refractivity contribution in [1.82, 2.24) is 9.38 Å². The van der Waals surface area contributed by atoms with Gasteiger partial charge in [-0.1, -0.05) is 18.2 Å². The minimum Gasteiger partial charge on any atom is -0.489 e. The Labute approximate surface area is 135 Å². The maximum Gasteiger partial charge on any atom is 0.182 e. The van der Waals surface area contributed by atoms with Gasteiger partial charge >= 0.3 is 0 Å². The third-order valence-corrected chi connectivity index (χ3v) is 3.47. The van der Waals surface area contributed by atoms with E-state index in [1.807, 2.05) is 74.7 Å². The molecule has 118 valence electrons. The molecule has 0 saturated carbocycles. The Morgan fingerprint density at radius 3 is 2.61 bits per heavy atom. The Kier molecular flexibility index (Phi) is 4.10. The number of nitrogens with zero attached hydrogens (tertiary/aromatic N) is 4. The van der Waals surface area contributed by atoms with Gasteiger partial charge in [0, 0.05) is 6.20 Å². The molecule has 5 nitrogen and oxygen atoms in total. The minimum absolute atomic E-state index is 0.0894. The summed E-state index contributed by atoms with van der Waals surface area (Å²) in [6.07, 6.45) is 2.04. The lowest BCUT2D eigenvalue weighted by Crippen LogP contribution is -2.05. The fourth-order valence-electron chi connectivity index (χ4n) is 2.42. The number of pyridine rings is 1. The zero-order valence-electron chi connectivity index (χ0n) is 13.8. The largest absolute Gasteiger partial charge is 0.489 e. The number of azo groups is 1. The number of hydrogen-bond acceptors (Lipinski definition) is 4. The number of rotatable bonds is 4. The van der Waals surface area contributed by atoms with Gasteiger partial charge in [0.1, 0.15) is 17.1 Å². The first-order valence-electron chi connectivity index (χ1n) is 7.68. The van der Waals surface area contributed by atoms with Crippen LogP contribution in [0.15, 0.2) is 52.8 Å². The van der Waals surface area contributed by atoms with E-state index >= 15 is 0 Å². The molecular formula is C18H20N4O. The fraction of sp³-hybridized carbons (Fsp3) is 0.278. The fourth-order valence-corrected chi connectivity index (χ4v) is 2.42. The van der Waals surface area contributed by atoms with Gasteiger partial charge in [0.05, 0.1) is 11.8 Å². The predicted octanol–water partition coefficient (Wildman–Crippen LogP) is 5.15. The van der Waals surface area contributed by atoms with Crippen molar-refractivity contribution in [2.75, 3.05) is 0 Å². The molecule has 0 aliphatic heterocycles. The summed E-state index contributed by atoms with van der Waals surface area (Å²) in [6.45, 7) is 7.96. The molecule has 1 aromatic carbocycles. The summed E-state index contributed by atoms with van der Waals surface area (Å²) in [5, 5.41) is 8.80. The van der Waals surface area contributed by atoms with Crippen LogP contribution in [0.4, 0.5) is 11.5 Å². The first kappa shape index (κ1) is 15.2. The second kappa shape index (κ2) is 6.20. The highest BCUT2D eigenvalue weighted by atomic mass is 16.5. The molecule has 2 aromatic heterocycles. The Morgan fingerprint density at radius 1 is 1.04 bits per heavy atom. The summed E-state index contributed by atoms with van der Waals surface area (Å²) in [7, 11) is 0. The van der Waals surface area contributed by atoms with Crippen LogP contribution in [0, 0.1) is 13.8 Å². The van der Waals surface area contributed by atoms with Crippen molar-refractivity contribution < 1.29 is 4.74 Å². The summed E-state index contributed by atoms with van der Waals surface area (Å²) in [6, 6.07) is 11.7. The molecule has 0 atom stereocenters. The van der Waals surface area contributed by atoms with Gasteiger partial charge in [-0.05, 0) is 51.5 Å². The van der Waals surface area contributed by atoms with Crippen LogP contribution >= 0.6 is 0 Å². The topological polar surface area (TPSA) is 51.2 Å². The zero-order valence-corrected chi connectivity index (χ0v) is 13.8. The van der Waals surface area contributed by atoms with Crippen LogP contribution in [0.3, 0.4) is 0 Å². The molecular weight excluding hydrogens is 288 g/mol. The van der Waals surface area contributed by atoms with Crippen molar-refractivity contribution in [2.24, 2.45) is 10.2 Å². The van der Waals surface area contributed by atoms with E-state index < -0.39 is 0 Å². The number of aryl methyl sites for hydroxylation is 2. The Hall–Kier alpha value is -2.69. The summed E-state index contributed by atoms with van der Waals surface area (Å²) >= 11 is 0. The average Bonchev–Trinajstić information content (AvgIpc) is 2.83. The van der Waals surface area contributed by atoms with Crippen LogP contribution in [-0.4, -0.2) is 15.5 Å². The van der Waals surface area contributed by atoms with Gasteiger partial charge in [0.25, 0.3) is 0 Å². The van der Waals surface area contributed by atoms with Crippen molar-refractivity contribution in [2.45, 2.75) is 33.8 Å². The van der Waals surface area contributed by atoms with Crippen LogP contribution in [0.25, 0.3) is 5.65 Å². The molecule has 0 aliphatic rings. The molecule has 5 heteroatoms. The molecule has 0 spiro atoms. The van der Waals surface area contributed by atoms with Gasteiger partial charge in [-0.3, -0.25) is 4.40 Å². The standard InChI is InChI=1S/C18H20N4O/c1-12(2)23-16-10-6-5-9-15(16)20-21-18-14(4)19-17-13(3)8-7-11-22(17)18/h5-12H,1-4H3. The Bertz CT molecular complexity index is 865. The number of hydrogen-bond donors (Lipinski definition) is 0. The molecule has 23 heavy (non-hydrogen) atoms. The molecule has 3 aromatic rings. The lowest BCUT2D eigenvalue weighted by molar-refractivity contribution is 0.243. The molecule has 0 fully saturated rings. The zero-order chi connectivity index (χ0) is 16.4. The first-order chi connectivity index (χ1) is 11.1. The molecule has 3 rings (SSSR count). The Balaban J connectivity index is 2.01. The van der Waals surface area contributed by atoms with E-state index in [0.717, 1.165) is 28.5 Å². The van der Waals surface area contributed by atoms with Gasteiger partial charge < -0.3 is 4.74 Å². The highest BCUT2D eigenvalue weighted by molar-refractivity contribution is 5.57. The van der Waals surface area contributed by atoms with Crippen molar-refractivity contribution >= 4 is 17.2 Å². The maximum absolute atomic E-state index is 5.78. The van der Waals surface area contributed by atoms with Crippen LogP contribution in [-0.2, 0) is 0 Å². The lowest BCUT2D eigenvalue weighted by atomic mass is 10.3. The van der Waals surface area contributed by atoms with E-state index in [1.165, 1.54) is 0 Å². The van der Waals surface area contributed by atoms with E-state index in [0.29, 0.717) is 5.69 Å². The van der Waals surface area contributed by atoms with E-state index in [-0.39, 0.29) is 6.10 Å². The van der Waals surface area contributed by atoms with Crippen molar-refractivity contribution in [3.63, 3.8) is 0 Å². The molecule has 0 unspecified atom stereocenters. The maximum atomic E-state index is 5.78. The molecule has 0 radical (unpaired) electrons. The number of aromatic nitrogens is 2. The van der Waals surface area contributed by atoms with Crippen molar-refractivity contribution in [1.29, 1.82) is 0 Å². The number of ether oxygens (including phenoxy) is 1. The van der Waals surface area contributed by atoms with Gasteiger partial charge in [0.15, 0.2) is 5.82 Å². The number of imidazole rings is 1. The minimum atomic E-state index is 0.0894. The quantitative estimate of drug-likeness (QED) is 0.625. The third kappa shape index (κ3) is 3.08. The van der Waals surface area contributed by atoms with Gasteiger partial charge in [-0.15, -0.1) is 10.2 Å². The third-order valence-electron chi connectivity index (χ3n) is 3.47. The lowest BCUT2D eigenvalue weighted by Gasteiger charge is -2.10. The molecule has 0 aliphatic carbocycles. The first-order valence-corrected chi connectivity index (χ1v) is 7.68. The van der Waals surface area contributed by atoms with Crippen LogP contribution < -0.4 is 4.74 Å². The molecule has 2 heterocycles. The van der Waals surface area contributed by atoms with E-state index in [9.17, 15) is 0 Å². The van der Waals surface area contributed by atoms with Gasteiger partial charge in [0.2, 0.25) is 0 Å². The molecule has 0 bridgehead atoms. The normalized spacial score (nSPS) is 11.7. The summed E-state index contributed by atoms with van der Waals surface area (Å²) in [5.41, 5.74) is 3.58. The highest BCUT2D eigenvalue weighted by Gasteiger charge is 2.10. The van der Waals surface area contributed by atoms with Crippen LogP contribution in [0.1, 0.15) is 25.1 Å². The SMILES string of the molecule is Cc1nc2c(C)cccn2c1N=Nc1ccccc1OC(C)C. The second-order valence-electron chi connectivity index (χ2n) is 5.74. The van der Waals surface area contributed by atoms with Gasteiger partial charge in [-0.25, -0.2) is 4.98 Å². The summed E-state index contributed by atoms with van der Waals surface area (Å²) < 4.78 is 7.73. The number of para-hydroxylation sites is 1. The Morgan fingerprint density at radius 2 is 1.83 bits per heavy atom. The number of fused-ring (bicyclic) bond motifs is 1. The van der Waals surface area contributed by atoms with Crippen LogP contribution in [0.2, 0.25) is 0 Å². The molecule has 0 amide bonds. The monoisotopic (exact) mass is 308 g/mol. The van der Waals surface area contributed by atoms with Gasteiger partial charge in [-0.2, -0.15) is 0 Å². The van der Waals surface area contributed by atoms with Crippen LogP contribution in [0.5, 0.6) is 5.75 Å². The summed E-state index contributed by atoms with van der Waals surface area (Å²) in [5.74, 6) is 1.47. The van der Waals surface area contributed by atoms with E-state index in [4.69, 9.17) is 4.74 Å².